The molecule has 1 N–H and O–H groups in total. The van der Waals surface area contributed by atoms with Gasteiger partial charge in [-0.25, -0.2) is 13.8 Å². The van der Waals surface area contributed by atoms with Crippen LogP contribution in [0.4, 0.5) is 30.2 Å². The summed E-state index contributed by atoms with van der Waals surface area (Å²) in [5, 5.41) is 15.2. The molecule has 3 aromatic rings. The normalized spacial score (nSPS) is 14.1. The maximum atomic E-state index is 13.5. The molecule has 0 radical (unpaired) electrons. The van der Waals surface area contributed by atoms with Crippen molar-refractivity contribution in [2.45, 2.75) is 18.0 Å². The zero-order valence-corrected chi connectivity index (χ0v) is 23.1. The molecular weight excluding hydrogens is 579 g/mol. The lowest BCUT2D eigenvalue weighted by Crippen LogP contribution is -2.39. The number of hydrogen-bond donors (Lipinski definition) is 1. The van der Waals surface area contributed by atoms with Crippen molar-refractivity contribution in [1.82, 2.24) is 5.43 Å². The standard InChI is InChI=1S/C27H26F3N5O6S/c1-19-5-8-24(9-6-19)42(39,40)34(22-4-2-3-21(16-22)27(28,29)30)18-26(36)32-31-17-20-15-23(35(37)38)7-10-25(20)33-11-13-41-14-12-33/h2-10,15-17H,11-14,18H2,1H3,(H,32,36)/b31-17-. The molecule has 1 fully saturated rings. The molecule has 0 bridgehead atoms. The van der Waals surface area contributed by atoms with Gasteiger partial charge in [-0.2, -0.15) is 18.3 Å². The summed E-state index contributed by atoms with van der Waals surface area (Å²) in [5.74, 6) is -0.960. The first-order valence-electron chi connectivity index (χ1n) is 12.6. The Kier molecular flexibility index (Phi) is 9.11. The van der Waals surface area contributed by atoms with Crippen LogP contribution in [0.1, 0.15) is 16.7 Å². The zero-order valence-electron chi connectivity index (χ0n) is 22.2. The van der Waals surface area contributed by atoms with E-state index in [4.69, 9.17) is 4.74 Å². The van der Waals surface area contributed by atoms with Crippen molar-refractivity contribution < 1.29 is 36.0 Å². The first kappa shape index (κ1) is 30.5. The number of benzene rings is 3. The molecule has 1 aliphatic rings. The predicted molar refractivity (Wildman–Crippen MR) is 149 cm³/mol. The number of nitrogens with zero attached hydrogens (tertiary/aromatic N) is 4. The van der Waals surface area contributed by atoms with Crippen molar-refractivity contribution in [3.05, 3.63) is 93.5 Å². The van der Waals surface area contributed by atoms with Crippen LogP contribution < -0.4 is 14.6 Å². The largest absolute Gasteiger partial charge is 0.416 e. The summed E-state index contributed by atoms with van der Waals surface area (Å²) >= 11 is 0. The van der Waals surface area contributed by atoms with E-state index in [0.29, 0.717) is 47.9 Å². The van der Waals surface area contributed by atoms with E-state index < -0.39 is 39.1 Å². The predicted octanol–water partition coefficient (Wildman–Crippen LogP) is 4.10. The Labute approximate surface area is 239 Å². The summed E-state index contributed by atoms with van der Waals surface area (Å²) < 4.78 is 73.1. The van der Waals surface area contributed by atoms with Crippen LogP contribution in [0.3, 0.4) is 0 Å². The number of nitrogens with one attached hydrogen (secondary N) is 1. The molecule has 1 heterocycles. The smallest absolute Gasteiger partial charge is 0.378 e. The monoisotopic (exact) mass is 605 g/mol. The average molecular weight is 606 g/mol. The SMILES string of the molecule is Cc1ccc(S(=O)(=O)N(CC(=O)N/N=C\c2cc([N+](=O)[O-])ccc2N2CCOCC2)c2cccc(C(F)(F)F)c2)cc1. The number of rotatable bonds is 9. The number of morpholine rings is 1. The number of non-ortho nitro benzene ring substituents is 1. The van der Waals surface area contributed by atoms with Gasteiger partial charge in [0.2, 0.25) is 0 Å². The minimum atomic E-state index is -4.75. The highest BCUT2D eigenvalue weighted by atomic mass is 32.2. The fourth-order valence-corrected chi connectivity index (χ4v) is 5.59. The first-order valence-corrected chi connectivity index (χ1v) is 14.0. The number of nitro benzene ring substituents is 1. The van der Waals surface area contributed by atoms with Crippen LogP contribution in [-0.2, 0) is 25.7 Å². The van der Waals surface area contributed by atoms with Gasteiger partial charge in [0.25, 0.3) is 21.6 Å². The lowest BCUT2D eigenvalue weighted by Gasteiger charge is -2.29. The van der Waals surface area contributed by atoms with Gasteiger partial charge in [-0.05, 0) is 43.3 Å². The van der Waals surface area contributed by atoms with E-state index in [9.17, 15) is 36.5 Å². The first-order chi connectivity index (χ1) is 19.9. The van der Waals surface area contributed by atoms with E-state index >= 15 is 0 Å². The molecule has 11 nitrogen and oxygen atoms in total. The Balaban J connectivity index is 1.62. The van der Waals surface area contributed by atoms with Crippen LogP contribution in [-0.4, -0.2) is 58.3 Å². The Hall–Kier alpha value is -4.50. The molecule has 4 rings (SSSR count). The fourth-order valence-electron chi connectivity index (χ4n) is 4.18. The Bertz CT molecular complexity index is 1590. The zero-order chi connectivity index (χ0) is 30.5. The van der Waals surface area contributed by atoms with Crippen LogP contribution in [0.15, 0.2) is 76.7 Å². The lowest BCUT2D eigenvalue weighted by molar-refractivity contribution is -0.384. The summed E-state index contributed by atoms with van der Waals surface area (Å²) in [6, 6.07) is 13.4. The molecule has 15 heteroatoms. The van der Waals surface area contributed by atoms with Gasteiger partial charge in [-0.1, -0.05) is 23.8 Å². The second kappa shape index (κ2) is 12.6. The number of sulfonamides is 1. The Morgan fingerprint density at radius 3 is 2.45 bits per heavy atom. The van der Waals surface area contributed by atoms with Crippen LogP contribution >= 0.6 is 0 Å². The van der Waals surface area contributed by atoms with Gasteiger partial charge < -0.3 is 9.64 Å². The summed E-state index contributed by atoms with van der Waals surface area (Å²) in [6.07, 6.45) is -3.57. The third-order valence-corrected chi connectivity index (χ3v) is 8.11. The van der Waals surface area contributed by atoms with Crippen molar-refractivity contribution >= 4 is 39.2 Å². The number of anilines is 2. The van der Waals surface area contributed by atoms with E-state index in [-0.39, 0.29) is 16.3 Å². The average Bonchev–Trinajstić information content (AvgIpc) is 2.96. The number of ether oxygens (including phenoxy) is 1. The van der Waals surface area contributed by atoms with E-state index in [2.05, 4.69) is 10.5 Å². The van der Waals surface area contributed by atoms with Gasteiger partial charge in [0, 0.05) is 36.5 Å². The van der Waals surface area contributed by atoms with E-state index in [0.717, 1.165) is 23.8 Å². The van der Waals surface area contributed by atoms with E-state index in [1.165, 1.54) is 42.6 Å². The number of aryl methyl sites for hydroxylation is 1. The highest BCUT2D eigenvalue weighted by molar-refractivity contribution is 7.92. The summed E-state index contributed by atoms with van der Waals surface area (Å²) in [6.45, 7) is 2.77. The molecule has 0 atom stereocenters. The van der Waals surface area contributed by atoms with Gasteiger partial charge in [-0.3, -0.25) is 19.2 Å². The van der Waals surface area contributed by atoms with Crippen LogP contribution in [0, 0.1) is 17.0 Å². The molecule has 0 aliphatic carbocycles. The number of carbonyl (C=O) groups excluding carboxylic acids is 1. The molecule has 1 amide bonds. The third kappa shape index (κ3) is 7.22. The van der Waals surface area contributed by atoms with Crippen LogP contribution in [0.5, 0.6) is 0 Å². The number of alkyl halides is 3. The number of amides is 1. The molecule has 0 unspecified atom stereocenters. The van der Waals surface area contributed by atoms with Crippen LogP contribution in [0.2, 0.25) is 0 Å². The van der Waals surface area contributed by atoms with E-state index in [1.54, 1.807) is 13.0 Å². The molecule has 1 saturated heterocycles. The third-order valence-electron chi connectivity index (χ3n) is 6.32. The van der Waals surface area contributed by atoms with Gasteiger partial charge >= 0.3 is 6.18 Å². The van der Waals surface area contributed by atoms with Crippen molar-refractivity contribution in [1.29, 1.82) is 0 Å². The number of hydrogen-bond acceptors (Lipinski definition) is 8. The molecule has 222 valence electrons. The van der Waals surface area contributed by atoms with Gasteiger partial charge in [0.05, 0.1) is 40.5 Å². The topological polar surface area (TPSA) is 134 Å². The lowest BCUT2D eigenvalue weighted by atomic mass is 10.1. The van der Waals surface area contributed by atoms with Crippen molar-refractivity contribution in [2.24, 2.45) is 5.10 Å². The fraction of sp³-hybridized carbons (Fsp3) is 0.259. The van der Waals surface area contributed by atoms with Crippen molar-refractivity contribution in [3.63, 3.8) is 0 Å². The highest BCUT2D eigenvalue weighted by Crippen LogP contribution is 2.33. The molecule has 0 spiro atoms. The van der Waals surface area contributed by atoms with Gasteiger partial charge in [0.1, 0.15) is 6.54 Å². The Morgan fingerprint density at radius 1 is 1.12 bits per heavy atom. The van der Waals surface area contributed by atoms with E-state index in [1.807, 2.05) is 4.90 Å². The number of halogens is 3. The molecule has 42 heavy (non-hydrogen) atoms. The summed E-state index contributed by atoms with van der Waals surface area (Å²) in [4.78, 5) is 25.3. The minimum absolute atomic E-state index is 0.209. The summed E-state index contributed by atoms with van der Waals surface area (Å²) in [7, 11) is -4.48. The number of nitro groups is 1. The molecule has 0 aromatic heterocycles. The van der Waals surface area contributed by atoms with Crippen LogP contribution in [0.25, 0.3) is 0 Å². The molecule has 0 saturated carbocycles. The second-order valence-electron chi connectivity index (χ2n) is 9.27. The van der Waals surface area contributed by atoms with Gasteiger partial charge in [-0.15, -0.1) is 0 Å². The summed E-state index contributed by atoms with van der Waals surface area (Å²) in [5.41, 5.74) is 2.17. The highest BCUT2D eigenvalue weighted by Gasteiger charge is 2.33. The number of hydrazone groups is 1. The minimum Gasteiger partial charge on any atom is -0.378 e. The Morgan fingerprint density at radius 2 is 1.81 bits per heavy atom. The second-order valence-corrected chi connectivity index (χ2v) is 11.1. The number of carbonyl (C=O) groups is 1. The molecule has 1 aliphatic heterocycles. The van der Waals surface area contributed by atoms with Crippen molar-refractivity contribution in [3.8, 4) is 0 Å². The molecule has 3 aromatic carbocycles. The van der Waals surface area contributed by atoms with Gasteiger partial charge in [0.15, 0.2) is 0 Å². The molecular formula is C27H26F3N5O6S. The maximum Gasteiger partial charge on any atom is 0.416 e. The maximum absolute atomic E-state index is 13.5. The quantitative estimate of drug-likeness (QED) is 0.220. The van der Waals surface area contributed by atoms with Crippen molar-refractivity contribution in [2.75, 3.05) is 42.1 Å².